The van der Waals surface area contributed by atoms with E-state index in [0.29, 0.717) is 43.1 Å². The van der Waals surface area contributed by atoms with Crippen LogP contribution in [0.3, 0.4) is 0 Å². The summed E-state index contributed by atoms with van der Waals surface area (Å²) in [5.41, 5.74) is 3.33. The molecule has 1 unspecified atom stereocenters. The monoisotopic (exact) mass is 722 g/mol. The number of hydrogen-bond acceptors (Lipinski definition) is 8. The fourth-order valence-corrected chi connectivity index (χ4v) is 7.75. The Hall–Kier alpha value is -4.76. The summed E-state index contributed by atoms with van der Waals surface area (Å²) >= 11 is 2.53. The van der Waals surface area contributed by atoms with Gasteiger partial charge in [-0.3, -0.25) is 9.78 Å². The zero-order valence-electron chi connectivity index (χ0n) is 27.6. The molecule has 2 saturated heterocycles. The number of nitrogens with zero attached hydrogens (tertiary/aromatic N) is 3. The molecular weight excluding hydrogens is 687 g/mol. The Morgan fingerprint density at radius 1 is 1.02 bits per heavy atom. The number of hydrogen-bond donors (Lipinski definition) is 3. The smallest absolute Gasteiger partial charge is 0.338 e. The van der Waals surface area contributed by atoms with Gasteiger partial charge in [-0.05, 0) is 62.4 Å². The third-order valence-corrected chi connectivity index (χ3v) is 10.4. The minimum absolute atomic E-state index is 0.0339. The summed E-state index contributed by atoms with van der Waals surface area (Å²) in [5.74, 6) is -0.937. The van der Waals surface area contributed by atoms with E-state index in [1.54, 1.807) is 25.4 Å². The van der Waals surface area contributed by atoms with Crippen LogP contribution in [0.25, 0.3) is 10.9 Å². The van der Waals surface area contributed by atoms with E-state index in [9.17, 15) is 23.2 Å². The molecule has 5 amide bonds. The Morgan fingerprint density at radius 2 is 1.74 bits per heavy atom. The zero-order chi connectivity index (χ0) is 35.4. The Kier molecular flexibility index (Phi) is 10.8. The molecule has 0 bridgehead atoms. The van der Waals surface area contributed by atoms with Gasteiger partial charge >= 0.3 is 12.1 Å². The van der Waals surface area contributed by atoms with E-state index in [2.05, 4.69) is 21.0 Å². The first-order chi connectivity index (χ1) is 24.1. The van der Waals surface area contributed by atoms with E-state index in [0.717, 1.165) is 49.6 Å². The fourth-order valence-electron chi connectivity index (χ4n) is 5.67. The lowest BCUT2D eigenvalue weighted by Crippen LogP contribution is -2.48. The Labute approximate surface area is 296 Å². The van der Waals surface area contributed by atoms with E-state index in [-0.39, 0.29) is 29.5 Å². The van der Waals surface area contributed by atoms with Crippen LogP contribution >= 0.6 is 23.5 Å². The summed E-state index contributed by atoms with van der Waals surface area (Å²) in [5, 5.41) is 6.39. The van der Waals surface area contributed by atoms with Crippen LogP contribution in [0.4, 0.5) is 24.1 Å². The molecule has 2 fully saturated rings. The lowest BCUT2D eigenvalue weighted by atomic mass is 10.1. The van der Waals surface area contributed by atoms with Gasteiger partial charge in [-0.25, -0.2) is 28.8 Å². The largest absolute Gasteiger partial charge is 0.493 e. The molecule has 3 aromatic carbocycles. The van der Waals surface area contributed by atoms with Crippen molar-refractivity contribution in [2.24, 2.45) is 0 Å². The number of benzene rings is 3. The van der Waals surface area contributed by atoms with Crippen molar-refractivity contribution in [2.45, 2.75) is 54.0 Å². The molecule has 6 rings (SSSR count). The molecule has 50 heavy (non-hydrogen) atoms. The minimum Gasteiger partial charge on any atom is -0.493 e. The first kappa shape index (κ1) is 35.1. The van der Waals surface area contributed by atoms with Crippen molar-refractivity contribution in [3.05, 3.63) is 84.1 Å². The van der Waals surface area contributed by atoms with Crippen molar-refractivity contribution in [3.8, 4) is 11.5 Å². The first-order valence-electron chi connectivity index (χ1n) is 16.0. The minimum atomic E-state index is -1.04. The molecule has 0 saturated carbocycles. The molecule has 11 nitrogen and oxygen atoms in total. The molecule has 0 aliphatic carbocycles. The number of rotatable bonds is 9. The number of carbonyl (C=O) groups excluding carboxylic acids is 3. The summed E-state index contributed by atoms with van der Waals surface area (Å²) in [6.07, 6.45) is 3.06. The molecule has 3 heterocycles. The highest BCUT2D eigenvalue weighted by Gasteiger charge is 2.37. The van der Waals surface area contributed by atoms with Crippen molar-refractivity contribution in [1.29, 1.82) is 0 Å². The Morgan fingerprint density at radius 3 is 2.42 bits per heavy atom. The third-order valence-electron chi connectivity index (χ3n) is 8.10. The maximum absolute atomic E-state index is 14.4. The fraction of sp³-hybridized carbons (Fsp3) is 0.314. The number of fused-ring (bicyclic) bond motifs is 1. The summed E-state index contributed by atoms with van der Waals surface area (Å²) in [4.78, 5) is 45.8. The number of ether oxygens (including phenoxy) is 2. The number of halogens is 2. The van der Waals surface area contributed by atoms with Gasteiger partial charge in [0.2, 0.25) is 0 Å². The van der Waals surface area contributed by atoms with Gasteiger partial charge in [-0.1, -0.05) is 17.8 Å². The van der Waals surface area contributed by atoms with Gasteiger partial charge in [0.25, 0.3) is 5.91 Å². The molecule has 1 aromatic heterocycles. The number of aromatic nitrogens is 1. The number of thioether (sulfide) groups is 1. The Bertz CT molecular complexity index is 1870. The van der Waals surface area contributed by atoms with Gasteiger partial charge in [0.15, 0.2) is 11.5 Å². The van der Waals surface area contributed by atoms with Crippen molar-refractivity contribution >= 4 is 58.1 Å². The normalized spacial score (nSPS) is 16.5. The van der Waals surface area contributed by atoms with E-state index in [1.807, 2.05) is 49.1 Å². The quantitative estimate of drug-likeness (QED) is 0.170. The molecule has 4 aromatic rings. The van der Waals surface area contributed by atoms with Gasteiger partial charge < -0.3 is 25.0 Å². The van der Waals surface area contributed by atoms with E-state index >= 15 is 0 Å². The lowest BCUT2D eigenvalue weighted by Gasteiger charge is -2.33. The second-order valence-electron chi connectivity index (χ2n) is 12.0. The summed E-state index contributed by atoms with van der Waals surface area (Å²) in [6, 6.07) is 15.5. The highest BCUT2D eigenvalue weighted by molar-refractivity contribution is 8.00. The van der Waals surface area contributed by atoms with Crippen molar-refractivity contribution < 1.29 is 32.6 Å². The maximum atomic E-state index is 14.4. The molecule has 0 spiro atoms. The number of anilines is 1. The lowest BCUT2D eigenvalue weighted by molar-refractivity contribution is -0.130. The number of carbonyl (C=O) groups is 3. The summed E-state index contributed by atoms with van der Waals surface area (Å²) in [7, 11) is 1.59. The number of methoxy groups -OCH3 is 1. The second kappa shape index (κ2) is 15.4. The number of nitrogens with one attached hydrogen (secondary N) is 3. The molecule has 15 heteroatoms. The molecule has 262 valence electrons. The van der Waals surface area contributed by atoms with Gasteiger partial charge in [-0.2, -0.15) is 0 Å². The van der Waals surface area contributed by atoms with E-state index in [4.69, 9.17) is 9.47 Å². The van der Waals surface area contributed by atoms with Crippen LogP contribution in [0.1, 0.15) is 37.6 Å². The van der Waals surface area contributed by atoms with E-state index < -0.39 is 28.9 Å². The van der Waals surface area contributed by atoms with Gasteiger partial charge in [-0.15, -0.1) is 11.8 Å². The van der Waals surface area contributed by atoms with Gasteiger partial charge in [0, 0.05) is 65.1 Å². The number of likely N-dealkylation sites (tertiary alicyclic amines) is 1. The average molecular weight is 723 g/mol. The van der Waals surface area contributed by atoms with Crippen molar-refractivity contribution in [1.82, 2.24) is 25.6 Å². The molecule has 1 atom stereocenters. The second-order valence-corrected chi connectivity index (χ2v) is 14.2. The SMILES string of the molecule is COc1cc2c(Sc3ccc(NC(=O)NN4C(=O)CSC4c4c(F)cccc4F)cc3)ccnc2cc1OC1CCN(C(=O)NC(C)C)CC1. The van der Waals surface area contributed by atoms with Crippen LogP contribution in [0.5, 0.6) is 11.5 Å². The molecule has 3 N–H and O–H groups in total. The number of amides is 5. The zero-order valence-corrected chi connectivity index (χ0v) is 29.2. The average Bonchev–Trinajstić information content (AvgIpc) is 3.44. The predicted octanol–water partition coefficient (Wildman–Crippen LogP) is 6.94. The molecular formula is C35H36F2N6O5S2. The van der Waals surface area contributed by atoms with Crippen molar-refractivity contribution in [3.63, 3.8) is 0 Å². The topological polar surface area (TPSA) is 125 Å². The van der Waals surface area contributed by atoms with Gasteiger partial charge in [0.05, 0.1) is 23.9 Å². The van der Waals surface area contributed by atoms with Crippen LogP contribution in [0, 0.1) is 11.6 Å². The molecule has 2 aliphatic heterocycles. The predicted molar refractivity (Wildman–Crippen MR) is 188 cm³/mol. The number of piperidine rings is 1. The number of urea groups is 2. The number of pyridine rings is 1. The van der Waals surface area contributed by atoms with Gasteiger partial charge in [0.1, 0.15) is 23.1 Å². The third kappa shape index (κ3) is 7.99. The van der Waals surface area contributed by atoms with Crippen LogP contribution in [-0.2, 0) is 4.79 Å². The maximum Gasteiger partial charge on any atom is 0.338 e. The summed E-state index contributed by atoms with van der Waals surface area (Å²) in [6.45, 7) is 5.08. The standard InChI is InChI=1S/C35H36F2N6O5S2/c1-20(2)39-35(46)42-15-12-22(13-16-42)48-29-18-27-24(17-28(29)47-3)30(11-14-38-27)50-23-9-7-21(8-10-23)40-34(45)41-43-31(44)19-49-33(43)32-25(36)5-4-6-26(32)37/h4-11,14,17-18,20,22,33H,12-13,15-16,19H2,1-3H3,(H,39,46)(H2,40,41,45). The highest BCUT2D eigenvalue weighted by Crippen LogP contribution is 2.41. The highest BCUT2D eigenvalue weighted by atomic mass is 32.2. The van der Waals surface area contributed by atoms with Crippen LogP contribution in [0.2, 0.25) is 0 Å². The molecule has 0 radical (unpaired) electrons. The summed E-state index contributed by atoms with van der Waals surface area (Å²) < 4.78 is 40.9. The number of hydrazine groups is 1. The Balaban J connectivity index is 1.09. The molecule has 2 aliphatic rings. The first-order valence-corrected chi connectivity index (χ1v) is 17.9. The van der Waals surface area contributed by atoms with E-state index in [1.165, 1.54) is 17.8 Å². The van der Waals surface area contributed by atoms with Crippen LogP contribution < -0.4 is 25.5 Å². The van der Waals surface area contributed by atoms with Crippen LogP contribution in [-0.4, -0.2) is 71.0 Å². The van der Waals surface area contributed by atoms with Crippen LogP contribution in [0.15, 0.2) is 76.7 Å². The van der Waals surface area contributed by atoms with Crippen molar-refractivity contribution in [2.75, 3.05) is 31.3 Å².